The monoisotopic (exact) mass is 442 g/mol. The smallest absolute Gasteiger partial charge is 0.407 e. The van der Waals surface area contributed by atoms with Crippen LogP contribution in [0.1, 0.15) is 24.0 Å². The lowest BCUT2D eigenvalue weighted by Crippen LogP contribution is -2.48. The number of carboxylic acid groups (broad SMARTS) is 1. The number of ether oxygens (including phenoxy) is 2. The first-order chi connectivity index (χ1) is 15.4. The number of amides is 2. The lowest BCUT2D eigenvalue weighted by atomic mass is 9.98. The van der Waals surface area contributed by atoms with Crippen LogP contribution in [0.2, 0.25) is 0 Å². The van der Waals surface area contributed by atoms with E-state index >= 15 is 0 Å². The molecule has 0 saturated carbocycles. The van der Waals surface area contributed by atoms with Gasteiger partial charge in [-0.2, -0.15) is 0 Å². The minimum Gasteiger partial charge on any atom is -0.480 e. The Hall–Kier alpha value is -3.43. The lowest BCUT2D eigenvalue weighted by molar-refractivity contribution is -0.145. The number of carboxylic acids is 1. The molecule has 2 aromatic carbocycles. The molecule has 3 rings (SSSR count). The molecular weight excluding hydrogens is 416 g/mol. The van der Waals surface area contributed by atoms with Crippen LogP contribution in [0.15, 0.2) is 48.5 Å². The fraction of sp³-hybridized carbons (Fsp3) is 0.348. The van der Waals surface area contributed by atoms with E-state index in [2.05, 4.69) is 22.8 Å². The molecule has 0 bridgehead atoms. The number of fused-ring (bicyclic) bond motifs is 3. The number of hydrogen-bond acceptors (Lipinski definition) is 6. The van der Waals surface area contributed by atoms with Gasteiger partial charge in [0.2, 0.25) is 5.91 Å². The van der Waals surface area contributed by atoms with Gasteiger partial charge in [0.25, 0.3) is 0 Å². The Labute approximate surface area is 185 Å². The number of aliphatic hydroxyl groups excluding tert-OH is 1. The fourth-order valence-corrected chi connectivity index (χ4v) is 3.64. The molecule has 4 N–H and O–H groups in total. The van der Waals surface area contributed by atoms with E-state index in [9.17, 15) is 19.5 Å². The van der Waals surface area contributed by atoms with Crippen molar-refractivity contribution in [2.75, 3.05) is 26.4 Å². The zero-order valence-electron chi connectivity index (χ0n) is 17.6. The summed E-state index contributed by atoms with van der Waals surface area (Å²) in [5, 5.41) is 23.0. The van der Waals surface area contributed by atoms with E-state index in [1.54, 1.807) is 0 Å². The molecule has 2 atom stereocenters. The summed E-state index contributed by atoms with van der Waals surface area (Å²) in [7, 11) is 0. The number of carbonyl (C=O) groups excluding carboxylic acids is 2. The average molecular weight is 442 g/mol. The van der Waals surface area contributed by atoms with Crippen molar-refractivity contribution in [1.82, 2.24) is 10.6 Å². The van der Waals surface area contributed by atoms with Gasteiger partial charge in [-0.05, 0) is 29.2 Å². The second-order valence-electron chi connectivity index (χ2n) is 7.43. The molecule has 0 aromatic heterocycles. The standard InChI is InChI=1S/C23H26N2O7/c1-14(26)21(22(28)29)25-20(27)13-31-11-10-24-23(30)32-12-19-17-8-4-2-6-15(17)16-7-3-5-9-18(16)19/h2-9,14,19,21,26H,10-13H2,1H3,(H,24,30)(H,25,27)(H,28,29). The highest BCUT2D eigenvalue weighted by Crippen LogP contribution is 2.44. The third kappa shape index (κ3) is 5.63. The predicted molar refractivity (Wildman–Crippen MR) is 115 cm³/mol. The normalized spacial score (nSPS) is 14.1. The molecule has 1 aliphatic rings. The van der Waals surface area contributed by atoms with Crippen LogP contribution in [-0.2, 0) is 19.1 Å². The summed E-state index contributed by atoms with van der Waals surface area (Å²) in [6.07, 6.45) is -1.84. The highest BCUT2D eigenvalue weighted by atomic mass is 16.5. The maximum absolute atomic E-state index is 12.1. The largest absolute Gasteiger partial charge is 0.480 e. The number of benzene rings is 2. The minimum atomic E-state index is -1.41. The maximum Gasteiger partial charge on any atom is 0.407 e. The van der Waals surface area contributed by atoms with Crippen molar-refractivity contribution in [2.24, 2.45) is 0 Å². The average Bonchev–Trinajstić information content (AvgIpc) is 3.09. The van der Waals surface area contributed by atoms with Crippen LogP contribution in [0, 0.1) is 0 Å². The Bertz CT molecular complexity index is 931. The number of rotatable bonds is 10. The highest BCUT2D eigenvalue weighted by Gasteiger charge is 2.29. The van der Waals surface area contributed by atoms with Crippen LogP contribution in [0.4, 0.5) is 4.79 Å². The van der Waals surface area contributed by atoms with Gasteiger partial charge in [0, 0.05) is 12.5 Å². The first-order valence-electron chi connectivity index (χ1n) is 10.2. The summed E-state index contributed by atoms with van der Waals surface area (Å²) in [6, 6.07) is 14.7. The van der Waals surface area contributed by atoms with Crippen LogP contribution in [-0.4, -0.2) is 66.7 Å². The van der Waals surface area contributed by atoms with Crippen LogP contribution in [0.5, 0.6) is 0 Å². The van der Waals surface area contributed by atoms with Crippen LogP contribution < -0.4 is 10.6 Å². The van der Waals surface area contributed by atoms with Crippen molar-refractivity contribution >= 4 is 18.0 Å². The topological polar surface area (TPSA) is 134 Å². The first kappa shape index (κ1) is 23.2. The SMILES string of the molecule is CC(O)C(NC(=O)COCCNC(=O)OCC1c2ccccc2-c2ccccc21)C(=O)O. The summed E-state index contributed by atoms with van der Waals surface area (Å²) in [6.45, 7) is 1.20. The van der Waals surface area contributed by atoms with Gasteiger partial charge >= 0.3 is 12.1 Å². The van der Waals surface area contributed by atoms with Crippen molar-refractivity contribution in [2.45, 2.75) is 25.0 Å². The molecule has 0 radical (unpaired) electrons. The van der Waals surface area contributed by atoms with Crippen LogP contribution in [0.3, 0.4) is 0 Å². The highest BCUT2D eigenvalue weighted by molar-refractivity contribution is 5.84. The van der Waals surface area contributed by atoms with Crippen molar-refractivity contribution in [1.29, 1.82) is 0 Å². The van der Waals surface area contributed by atoms with Gasteiger partial charge < -0.3 is 30.3 Å². The van der Waals surface area contributed by atoms with E-state index in [-0.39, 0.29) is 25.7 Å². The van der Waals surface area contributed by atoms with Gasteiger partial charge in [0.1, 0.15) is 13.2 Å². The Morgan fingerprint density at radius 1 is 1.03 bits per heavy atom. The van der Waals surface area contributed by atoms with E-state index < -0.39 is 36.7 Å². The second-order valence-corrected chi connectivity index (χ2v) is 7.43. The summed E-state index contributed by atoms with van der Waals surface area (Å²) >= 11 is 0. The molecule has 2 unspecified atom stereocenters. The van der Waals surface area contributed by atoms with Crippen molar-refractivity contribution in [3.8, 4) is 11.1 Å². The zero-order chi connectivity index (χ0) is 23.1. The molecule has 2 aromatic rings. The molecule has 170 valence electrons. The summed E-state index contributed by atoms with van der Waals surface area (Å²) < 4.78 is 10.5. The molecule has 32 heavy (non-hydrogen) atoms. The van der Waals surface area contributed by atoms with Crippen LogP contribution >= 0.6 is 0 Å². The molecule has 9 nitrogen and oxygen atoms in total. The summed E-state index contributed by atoms with van der Waals surface area (Å²) in [5.41, 5.74) is 4.52. The Kier molecular flexibility index (Phi) is 7.80. The van der Waals surface area contributed by atoms with Crippen LogP contribution in [0.25, 0.3) is 11.1 Å². The van der Waals surface area contributed by atoms with Gasteiger partial charge in [-0.25, -0.2) is 9.59 Å². The third-order valence-electron chi connectivity index (χ3n) is 5.16. The van der Waals surface area contributed by atoms with Crippen molar-refractivity contribution in [3.05, 3.63) is 59.7 Å². The molecular formula is C23H26N2O7. The van der Waals surface area contributed by atoms with Gasteiger partial charge in [0.15, 0.2) is 6.04 Å². The zero-order valence-corrected chi connectivity index (χ0v) is 17.6. The Balaban J connectivity index is 1.38. The number of aliphatic hydroxyl groups is 1. The third-order valence-corrected chi connectivity index (χ3v) is 5.16. The van der Waals surface area contributed by atoms with Gasteiger partial charge in [-0.15, -0.1) is 0 Å². The Morgan fingerprint density at radius 2 is 1.62 bits per heavy atom. The maximum atomic E-state index is 12.1. The first-order valence-corrected chi connectivity index (χ1v) is 10.2. The van der Waals surface area contributed by atoms with Gasteiger partial charge in [0.05, 0.1) is 12.7 Å². The molecule has 0 saturated heterocycles. The molecule has 0 spiro atoms. The Morgan fingerprint density at radius 3 is 2.19 bits per heavy atom. The fourth-order valence-electron chi connectivity index (χ4n) is 3.64. The summed E-state index contributed by atoms with van der Waals surface area (Å²) in [5.74, 6) is -2.06. The van der Waals surface area contributed by atoms with E-state index in [0.29, 0.717) is 0 Å². The molecule has 1 aliphatic carbocycles. The van der Waals surface area contributed by atoms with E-state index in [4.69, 9.17) is 14.6 Å². The molecule has 9 heteroatoms. The van der Waals surface area contributed by atoms with Gasteiger partial charge in [-0.3, -0.25) is 4.79 Å². The quantitative estimate of drug-likeness (QED) is 0.410. The number of nitrogens with one attached hydrogen (secondary N) is 2. The van der Waals surface area contributed by atoms with Gasteiger partial charge in [-0.1, -0.05) is 48.5 Å². The number of alkyl carbamates (subject to hydrolysis) is 1. The molecule has 0 heterocycles. The lowest BCUT2D eigenvalue weighted by Gasteiger charge is -2.17. The van der Waals surface area contributed by atoms with E-state index in [1.165, 1.54) is 6.92 Å². The number of carbonyl (C=O) groups is 3. The second kappa shape index (κ2) is 10.7. The summed E-state index contributed by atoms with van der Waals surface area (Å²) in [4.78, 5) is 34.7. The molecule has 2 amide bonds. The van der Waals surface area contributed by atoms with Crippen molar-refractivity contribution in [3.63, 3.8) is 0 Å². The van der Waals surface area contributed by atoms with E-state index in [0.717, 1.165) is 22.3 Å². The number of hydrogen-bond donors (Lipinski definition) is 4. The van der Waals surface area contributed by atoms with E-state index in [1.807, 2.05) is 36.4 Å². The predicted octanol–water partition coefficient (Wildman–Crippen LogP) is 1.49. The minimum absolute atomic E-state index is 0.0318. The molecule has 0 fully saturated rings. The molecule has 0 aliphatic heterocycles. The number of aliphatic carboxylic acids is 1. The van der Waals surface area contributed by atoms with Crippen molar-refractivity contribution < 1.29 is 34.1 Å².